The van der Waals surface area contributed by atoms with Crippen LogP contribution in [0, 0.1) is 0 Å². The molecule has 4 aromatic carbocycles. The minimum atomic E-state index is -0.965. The fourth-order valence-corrected chi connectivity index (χ4v) is 5.09. The molecule has 0 spiro atoms. The van der Waals surface area contributed by atoms with Gasteiger partial charge in [0.05, 0.1) is 34.9 Å². The van der Waals surface area contributed by atoms with Crippen LogP contribution in [0.4, 0.5) is 0 Å². The molecule has 0 saturated carbocycles. The van der Waals surface area contributed by atoms with Gasteiger partial charge in [0.15, 0.2) is 0 Å². The maximum absolute atomic E-state index is 11.4. The van der Waals surface area contributed by atoms with Gasteiger partial charge >= 0.3 is 5.97 Å². The van der Waals surface area contributed by atoms with E-state index in [4.69, 9.17) is 26.3 Å². The molecule has 0 atom stereocenters. The van der Waals surface area contributed by atoms with Crippen molar-refractivity contribution in [1.82, 2.24) is 14.5 Å². The van der Waals surface area contributed by atoms with Gasteiger partial charge in [-0.15, -0.1) is 0 Å². The van der Waals surface area contributed by atoms with E-state index in [9.17, 15) is 9.90 Å². The number of benzene rings is 4. The average molecular weight is 534 g/mol. The van der Waals surface area contributed by atoms with Crippen molar-refractivity contribution in [3.05, 3.63) is 102 Å². The van der Waals surface area contributed by atoms with Gasteiger partial charge in [-0.1, -0.05) is 35.9 Å². The maximum atomic E-state index is 11.4. The van der Waals surface area contributed by atoms with Crippen molar-refractivity contribution in [2.45, 2.75) is 13.5 Å². The number of hydrogen-bond acceptors (Lipinski definition) is 4. The van der Waals surface area contributed by atoms with Crippen LogP contribution in [0.5, 0.6) is 5.75 Å². The predicted molar refractivity (Wildman–Crippen MR) is 156 cm³/mol. The number of aryl methyl sites for hydroxylation is 1. The monoisotopic (exact) mass is 533 g/mol. The molecule has 0 saturated heterocycles. The number of ether oxygens (including phenoxy) is 1. The van der Waals surface area contributed by atoms with E-state index >= 15 is 0 Å². The summed E-state index contributed by atoms with van der Waals surface area (Å²) < 4.78 is 7.61. The topological polar surface area (TPSA) is 77.2 Å². The molecule has 2 heterocycles. The van der Waals surface area contributed by atoms with Gasteiger partial charge in [0.2, 0.25) is 0 Å². The summed E-state index contributed by atoms with van der Waals surface area (Å²) in [5.74, 6) is 0.579. The normalized spacial score (nSPS) is 11.3. The number of carbonyl (C=O) groups is 1. The molecule has 0 fully saturated rings. The highest BCUT2D eigenvalue weighted by Crippen LogP contribution is 2.36. The molecule has 0 unspecified atom stereocenters. The second-order valence-electron chi connectivity index (χ2n) is 9.21. The van der Waals surface area contributed by atoms with E-state index < -0.39 is 5.97 Å². The molecule has 192 valence electrons. The fraction of sp³-hybridized carbons (Fsp3) is 0.0938. The number of imidazole rings is 1. The van der Waals surface area contributed by atoms with Crippen molar-refractivity contribution in [3.63, 3.8) is 0 Å². The molecule has 2 aromatic heterocycles. The molecule has 0 amide bonds. The van der Waals surface area contributed by atoms with Crippen LogP contribution in [-0.2, 0) is 6.54 Å². The van der Waals surface area contributed by atoms with Crippen molar-refractivity contribution >= 4 is 39.5 Å². The third-order valence-corrected chi connectivity index (χ3v) is 7.17. The first-order chi connectivity index (χ1) is 18.9. The third-order valence-electron chi connectivity index (χ3n) is 6.92. The van der Waals surface area contributed by atoms with Gasteiger partial charge < -0.3 is 14.4 Å². The lowest BCUT2D eigenvalue weighted by molar-refractivity contribution is 0.0697. The number of pyridine rings is 1. The van der Waals surface area contributed by atoms with Gasteiger partial charge in [0, 0.05) is 28.1 Å². The summed E-state index contributed by atoms with van der Waals surface area (Å²) in [5, 5.41) is 11.1. The van der Waals surface area contributed by atoms with Gasteiger partial charge in [0.25, 0.3) is 0 Å². The van der Waals surface area contributed by atoms with Gasteiger partial charge in [-0.3, -0.25) is 0 Å². The summed E-state index contributed by atoms with van der Waals surface area (Å²) in [7, 11) is 1.66. The Bertz CT molecular complexity index is 1880. The molecule has 39 heavy (non-hydrogen) atoms. The van der Waals surface area contributed by atoms with Crippen LogP contribution in [0.1, 0.15) is 17.3 Å². The number of rotatable bonds is 6. The molecule has 6 aromatic rings. The molecule has 6 rings (SSSR count). The van der Waals surface area contributed by atoms with E-state index in [1.54, 1.807) is 19.2 Å². The Morgan fingerprint density at radius 3 is 2.38 bits per heavy atom. The highest BCUT2D eigenvalue weighted by molar-refractivity contribution is 6.30. The van der Waals surface area contributed by atoms with E-state index in [1.807, 2.05) is 66.7 Å². The van der Waals surface area contributed by atoms with E-state index in [2.05, 4.69) is 23.6 Å². The van der Waals surface area contributed by atoms with Crippen molar-refractivity contribution in [1.29, 1.82) is 0 Å². The molecular formula is C32H24ClN3O3. The Kier molecular flexibility index (Phi) is 6.25. The van der Waals surface area contributed by atoms with Crippen LogP contribution >= 0.6 is 11.6 Å². The molecule has 0 aliphatic rings. The summed E-state index contributed by atoms with van der Waals surface area (Å²) in [4.78, 5) is 21.2. The van der Waals surface area contributed by atoms with E-state index in [-0.39, 0.29) is 5.56 Å². The summed E-state index contributed by atoms with van der Waals surface area (Å²) in [6, 6.07) is 29.0. The molecule has 6 nitrogen and oxygen atoms in total. The predicted octanol–water partition coefficient (Wildman–Crippen LogP) is 7.97. The van der Waals surface area contributed by atoms with Crippen molar-refractivity contribution in [3.8, 4) is 39.5 Å². The maximum Gasteiger partial charge on any atom is 0.335 e. The van der Waals surface area contributed by atoms with Crippen LogP contribution in [0.15, 0.2) is 91.0 Å². The van der Waals surface area contributed by atoms with Crippen molar-refractivity contribution < 1.29 is 14.6 Å². The summed E-state index contributed by atoms with van der Waals surface area (Å²) in [5.41, 5.74) is 7.45. The van der Waals surface area contributed by atoms with Gasteiger partial charge in [-0.2, -0.15) is 0 Å². The molecule has 7 heteroatoms. The average Bonchev–Trinajstić information content (AvgIpc) is 3.34. The second kappa shape index (κ2) is 9.89. The summed E-state index contributed by atoms with van der Waals surface area (Å²) >= 11 is 6.13. The lowest BCUT2D eigenvalue weighted by atomic mass is 9.96. The molecule has 0 bridgehead atoms. The Labute approximate surface area is 230 Å². The van der Waals surface area contributed by atoms with Crippen LogP contribution < -0.4 is 4.74 Å². The minimum Gasteiger partial charge on any atom is -0.497 e. The molecular weight excluding hydrogens is 510 g/mol. The highest BCUT2D eigenvalue weighted by atomic mass is 35.5. The number of aromatic nitrogens is 3. The van der Waals surface area contributed by atoms with Gasteiger partial charge in [-0.25, -0.2) is 14.8 Å². The van der Waals surface area contributed by atoms with E-state index in [1.165, 1.54) is 0 Å². The first-order valence-electron chi connectivity index (χ1n) is 12.5. The Balaban J connectivity index is 1.44. The standard InChI is InChI=1S/C32H24ClN3O3/c1-3-36-30-15-8-22(32(37)38)17-29(30)35-31(36)21-7-13-27-20(16-21)6-14-28(34-27)26-18-24(39-2)11-12-25(26)19-4-9-23(33)10-5-19/h4-18H,3H2,1-2H3,(H,37,38). The quantitative estimate of drug-likeness (QED) is 0.235. The fourth-order valence-electron chi connectivity index (χ4n) is 4.96. The molecule has 1 N–H and O–H groups in total. The van der Waals surface area contributed by atoms with Gasteiger partial charge in [0.1, 0.15) is 11.6 Å². The summed E-state index contributed by atoms with van der Waals surface area (Å²) in [6.45, 7) is 2.76. The SMILES string of the molecule is CCn1c(-c2ccc3nc(-c4cc(OC)ccc4-c4ccc(Cl)cc4)ccc3c2)nc2cc(C(=O)O)ccc21. The minimum absolute atomic E-state index is 0.223. The lowest BCUT2D eigenvalue weighted by Crippen LogP contribution is -1.98. The number of hydrogen-bond donors (Lipinski definition) is 1. The second-order valence-corrected chi connectivity index (χ2v) is 9.65. The number of carboxylic acids is 1. The van der Waals surface area contributed by atoms with Gasteiger partial charge in [-0.05, 0) is 84.8 Å². The smallest absolute Gasteiger partial charge is 0.335 e. The third kappa shape index (κ3) is 4.49. The lowest BCUT2D eigenvalue weighted by Gasteiger charge is -2.13. The summed E-state index contributed by atoms with van der Waals surface area (Å²) in [6.07, 6.45) is 0. The van der Waals surface area contributed by atoms with Crippen LogP contribution in [0.2, 0.25) is 5.02 Å². The molecule has 0 radical (unpaired) electrons. The van der Waals surface area contributed by atoms with Crippen molar-refractivity contribution in [2.24, 2.45) is 0 Å². The molecule has 0 aliphatic carbocycles. The largest absolute Gasteiger partial charge is 0.497 e. The van der Waals surface area contributed by atoms with Crippen LogP contribution in [0.3, 0.4) is 0 Å². The number of methoxy groups -OCH3 is 1. The Morgan fingerprint density at radius 1 is 0.846 bits per heavy atom. The Hall–Kier alpha value is -4.68. The highest BCUT2D eigenvalue weighted by Gasteiger charge is 2.16. The number of nitrogens with zero attached hydrogens (tertiary/aromatic N) is 3. The van der Waals surface area contributed by atoms with Crippen molar-refractivity contribution in [2.75, 3.05) is 7.11 Å². The number of aromatic carboxylic acids is 1. The number of halogens is 1. The molecule has 0 aliphatic heterocycles. The zero-order chi connectivity index (χ0) is 27.1. The first-order valence-corrected chi connectivity index (χ1v) is 12.9. The first kappa shape index (κ1) is 24.6. The van der Waals surface area contributed by atoms with E-state index in [0.29, 0.717) is 17.1 Å². The zero-order valence-electron chi connectivity index (χ0n) is 21.4. The number of carboxylic acid groups (broad SMARTS) is 1. The van der Waals surface area contributed by atoms with Crippen LogP contribution in [0.25, 0.3) is 55.7 Å². The number of fused-ring (bicyclic) bond motifs is 2. The van der Waals surface area contributed by atoms with Crippen LogP contribution in [-0.4, -0.2) is 32.7 Å². The Morgan fingerprint density at radius 2 is 1.64 bits per heavy atom. The zero-order valence-corrected chi connectivity index (χ0v) is 22.1. The van der Waals surface area contributed by atoms with E-state index in [0.717, 1.165) is 55.9 Å².